The normalized spacial score (nSPS) is 10.4. The van der Waals surface area contributed by atoms with Crippen LogP contribution in [0, 0.1) is 0 Å². The predicted molar refractivity (Wildman–Crippen MR) is 121 cm³/mol. The molecular weight excluding hydrogens is 408 g/mol. The highest BCUT2D eigenvalue weighted by molar-refractivity contribution is 6.09. The van der Waals surface area contributed by atoms with Crippen molar-refractivity contribution < 1.29 is 9.59 Å². The summed E-state index contributed by atoms with van der Waals surface area (Å²) < 4.78 is 0. The molecule has 0 atom stereocenters. The zero-order valence-corrected chi connectivity index (χ0v) is 16.9. The van der Waals surface area contributed by atoms with Crippen LogP contribution in [0.1, 0.15) is 20.8 Å². The number of H-pyrrole nitrogens is 1. The van der Waals surface area contributed by atoms with E-state index in [9.17, 15) is 9.59 Å². The minimum atomic E-state index is -0.396. The molecule has 0 spiro atoms. The summed E-state index contributed by atoms with van der Waals surface area (Å²) in [5, 5.41) is 8.38. The Bertz CT molecular complexity index is 1230. The van der Waals surface area contributed by atoms with Crippen molar-refractivity contribution in [1.82, 2.24) is 25.3 Å². The summed E-state index contributed by atoms with van der Waals surface area (Å²) in [4.78, 5) is 40.4. The number of aromatic amines is 1. The Morgan fingerprint density at radius 1 is 1.00 bits per heavy atom. The molecule has 160 valence electrons. The summed E-state index contributed by atoms with van der Waals surface area (Å²) in [6.07, 6.45) is 6.48. The summed E-state index contributed by atoms with van der Waals surface area (Å²) in [5.74, 6) is -0.456. The highest BCUT2D eigenvalue weighted by Gasteiger charge is 2.15. The highest BCUT2D eigenvalue weighted by Crippen LogP contribution is 2.24. The molecule has 10 heteroatoms. The molecular formula is C22H20N8O2. The molecule has 6 N–H and O–H groups in total. The van der Waals surface area contributed by atoms with Crippen molar-refractivity contribution in [3.63, 3.8) is 0 Å². The van der Waals surface area contributed by atoms with Crippen LogP contribution in [0.2, 0.25) is 0 Å². The van der Waals surface area contributed by atoms with Gasteiger partial charge in [0.1, 0.15) is 5.69 Å². The van der Waals surface area contributed by atoms with Crippen LogP contribution in [0.15, 0.2) is 73.3 Å². The van der Waals surface area contributed by atoms with Gasteiger partial charge >= 0.3 is 0 Å². The fourth-order valence-corrected chi connectivity index (χ4v) is 3.00. The first kappa shape index (κ1) is 20.5. The Morgan fingerprint density at radius 3 is 2.66 bits per heavy atom. The van der Waals surface area contributed by atoms with Crippen LogP contribution in [0.25, 0.3) is 11.3 Å². The van der Waals surface area contributed by atoms with Crippen LogP contribution in [-0.2, 0) is 0 Å². The number of rotatable bonds is 7. The number of nitrogens with zero attached hydrogens (tertiary/aromatic N) is 3. The predicted octanol–water partition coefficient (Wildman–Crippen LogP) is 2.50. The maximum atomic E-state index is 12.6. The lowest BCUT2D eigenvalue weighted by Crippen LogP contribution is -2.30. The van der Waals surface area contributed by atoms with E-state index < -0.39 is 5.91 Å². The van der Waals surface area contributed by atoms with Gasteiger partial charge in [-0.1, -0.05) is 12.1 Å². The summed E-state index contributed by atoms with van der Waals surface area (Å²) in [6, 6.07) is 13.8. The van der Waals surface area contributed by atoms with Gasteiger partial charge in [-0.25, -0.2) is 9.97 Å². The highest BCUT2D eigenvalue weighted by atomic mass is 16.2. The molecule has 0 unspecified atom stereocenters. The van der Waals surface area contributed by atoms with E-state index in [-0.39, 0.29) is 18.3 Å². The molecule has 0 aliphatic carbocycles. The molecule has 0 aliphatic rings. The van der Waals surface area contributed by atoms with Gasteiger partial charge < -0.3 is 21.4 Å². The van der Waals surface area contributed by atoms with Gasteiger partial charge in [0.15, 0.2) is 0 Å². The van der Waals surface area contributed by atoms with Gasteiger partial charge in [-0.15, -0.1) is 0 Å². The molecule has 3 heterocycles. The molecule has 1 aromatic carbocycles. The smallest absolute Gasteiger partial charge is 0.271 e. The maximum Gasteiger partial charge on any atom is 0.271 e. The van der Waals surface area contributed by atoms with Crippen molar-refractivity contribution in [3.05, 3.63) is 84.6 Å². The first-order valence-corrected chi connectivity index (χ1v) is 9.70. The zero-order chi connectivity index (χ0) is 22.3. The van der Waals surface area contributed by atoms with Gasteiger partial charge in [0.25, 0.3) is 11.8 Å². The topological polar surface area (TPSA) is 151 Å². The number of imidazole rings is 1. The average Bonchev–Trinajstić information content (AvgIpc) is 3.33. The lowest BCUT2D eigenvalue weighted by molar-refractivity contribution is 0.0951. The number of amides is 2. The molecule has 0 saturated carbocycles. The van der Waals surface area contributed by atoms with E-state index in [1.54, 1.807) is 61.1 Å². The molecule has 2 amide bonds. The number of nitrogens with one attached hydrogen (secondary N) is 4. The maximum absolute atomic E-state index is 12.6. The third-order valence-electron chi connectivity index (χ3n) is 4.52. The number of benzene rings is 1. The fourth-order valence-electron chi connectivity index (χ4n) is 3.00. The molecule has 4 rings (SSSR count). The summed E-state index contributed by atoms with van der Waals surface area (Å²) >= 11 is 0. The number of pyridine rings is 2. The second-order valence-corrected chi connectivity index (χ2v) is 6.67. The molecule has 0 radical (unpaired) electrons. The van der Waals surface area contributed by atoms with Crippen LogP contribution < -0.4 is 21.7 Å². The number of nitrogen functional groups attached to an aromatic ring is 1. The number of para-hydroxylation sites is 1. The Morgan fingerprint density at radius 2 is 1.88 bits per heavy atom. The second-order valence-electron chi connectivity index (χ2n) is 6.67. The number of anilines is 3. The SMILES string of the molecule is Nc1cccc(C(=O)Nc2ncc[nH]2)c1NCNC(=O)c1cccc(-c2cccnc2)n1. The minimum absolute atomic E-state index is 0.0346. The van der Waals surface area contributed by atoms with Gasteiger partial charge in [0.2, 0.25) is 5.95 Å². The van der Waals surface area contributed by atoms with E-state index in [0.717, 1.165) is 5.56 Å². The quantitative estimate of drug-likeness (QED) is 0.224. The van der Waals surface area contributed by atoms with Crippen molar-refractivity contribution in [2.24, 2.45) is 0 Å². The van der Waals surface area contributed by atoms with Gasteiger partial charge in [-0.3, -0.25) is 19.9 Å². The first-order valence-electron chi connectivity index (χ1n) is 9.70. The Balaban J connectivity index is 1.42. The van der Waals surface area contributed by atoms with Crippen molar-refractivity contribution >= 4 is 29.1 Å². The number of carbonyl (C=O) groups excluding carboxylic acids is 2. The van der Waals surface area contributed by atoms with Crippen molar-refractivity contribution in [1.29, 1.82) is 0 Å². The number of hydrogen-bond donors (Lipinski definition) is 5. The fraction of sp³-hybridized carbons (Fsp3) is 0.0455. The molecule has 3 aromatic heterocycles. The zero-order valence-electron chi connectivity index (χ0n) is 16.9. The summed E-state index contributed by atoms with van der Waals surface area (Å²) in [6.45, 7) is 0.0346. The van der Waals surface area contributed by atoms with E-state index in [1.807, 2.05) is 6.07 Å². The first-order chi connectivity index (χ1) is 15.6. The molecule has 0 fully saturated rings. The number of carbonyl (C=O) groups is 2. The molecule has 0 aliphatic heterocycles. The minimum Gasteiger partial charge on any atom is -0.397 e. The van der Waals surface area contributed by atoms with E-state index in [1.165, 1.54) is 6.20 Å². The lowest BCUT2D eigenvalue weighted by atomic mass is 10.1. The Kier molecular flexibility index (Phi) is 6.03. The van der Waals surface area contributed by atoms with E-state index in [4.69, 9.17) is 5.73 Å². The third kappa shape index (κ3) is 4.70. The Labute approximate surface area is 183 Å². The molecule has 0 bridgehead atoms. The van der Waals surface area contributed by atoms with E-state index in [2.05, 4.69) is 35.9 Å². The van der Waals surface area contributed by atoms with Gasteiger partial charge in [0.05, 0.1) is 29.3 Å². The van der Waals surface area contributed by atoms with Crippen molar-refractivity contribution in [2.45, 2.75) is 0 Å². The van der Waals surface area contributed by atoms with Crippen molar-refractivity contribution in [3.8, 4) is 11.3 Å². The van der Waals surface area contributed by atoms with E-state index in [0.29, 0.717) is 28.6 Å². The molecule has 32 heavy (non-hydrogen) atoms. The molecule has 4 aromatic rings. The van der Waals surface area contributed by atoms with Gasteiger partial charge in [-0.05, 0) is 36.4 Å². The summed E-state index contributed by atoms with van der Waals surface area (Å²) in [5.41, 5.74) is 8.83. The van der Waals surface area contributed by atoms with Crippen LogP contribution >= 0.6 is 0 Å². The van der Waals surface area contributed by atoms with Crippen LogP contribution in [0.5, 0.6) is 0 Å². The largest absolute Gasteiger partial charge is 0.397 e. The van der Waals surface area contributed by atoms with Crippen LogP contribution in [-0.4, -0.2) is 38.4 Å². The average molecular weight is 428 g/mol. The standard InChI is InChI=1S/C22H20N8O2/c23-16-6-1-5-15(20(31)30-22-25-10-11-26-22)19(16)27-13-28-21(32)18-8-2-7-17(29-18)14-4-3-9-24-12-14/h1-12,27H,13,23H2,(H,28,32)(H2,25,26,30,31). The number of hydrogen-bond acceptors (Lipinski definition) is 7. The second kappa shape index (κ2) is 9.39. The van der Waals surface area contributed by atoms with Crippen molar-refractivity contribution in [2.75, 3.05) is 23.0 Å². The van der Waals surface area contributed by atoms with Crippen LogP contribution in [0.4, 0.5) is 17.3 Å². The summed E-state index contributed by atoms with van der Waals surface area (Å²) in [7, 11) is 0. The third-order valence-corrected chi connectivity index (χ3v) is 4.52. The molecule has 10 nitrogen and oxygen atoms in total. The number of aromatic nitrogens is 4. The van der Waals surface area contributed by atoms with Gasteiger partial charge in [0, 0.05) is 30.4 Å². The lowest BCUT2D eigenvalue weighted by Gasteiger charge is -2.14. The number of nitrogens with two attached hydrogens (primary N) is 1. The van der Waals surface area contributed by atoms with Gasteiger partial charge in [-0.2, -0.15) is 0 Å². The molecule has 0 saturated heterocycles. The van der Waals surface area contributed by atoms with E-state index >= 15 is 0 Å². The van der Waals surface area contributed by atoms with Crippen LogP contribution in [0.3, 0.4) is 0 Å². The monoisotopic (exact) mass is 428 g/mol. The Hall–Kier alpha value is -4.73.